The maximum absolute atomic E-state index is 12.8. The Bertz CT molecular complexity index is 690. The third-order valence-corrected chi connectivity index (χ3v) is 4.04. The van der Waals surface area contributed by atoms with Crippen molar-refractivity contribution >= 4 is 17.3 Å². The van der Waals surface area contributed by atoms with E-state index in [9.17, 15) is 4.79 Å². The van der Waals surface area contributed by atoms with E-state index < -0.39 is 0 Å². The van der Waals surface area contributed by atoms with Crippen LogP contribution in [0.3, 0.4) is 0 Å². The summed E-state index contributed by atoms with van der Waals surface area (Å²) in [6, 6.07) is 7.65. The molecule has 0 saturated heterocycles. The highest BCUT2D eigenvalue weighted by Gasteiger charge is 2.26. The molecule has 1 aromatic carbocycles. The molecule has 0 unspecified atom stereocenters. The second kappa shape index (κ2) is 5.24. The van der Waals surface area contributed by atoms with Gasteiger partial charge in [0.05, 0.1) is 5.69 Å². The van der Waals surface area contributed by atoms with Crippen molar-refractivity contribution in [3.05, 3.63) is 41.2 Å². The fourth-order valence-electron chi connectivity index (χ4n) is 2.90. The SMILES string of the molecule is CCc1cc(C(=O)N2CCCc3c(N)cccc32)n(C)n1. The van der Waals surface area contributed by atoms with Crippen molar-refractivity contribution in [2.45, 2.75) is 26.2 Å². The van der Waals surface area contributed by atoms with Crippen LogP contribution in [0, 0.1) is 0 Å². The Morgan fingerprint density at radius 2 is 2.24 bits per heavy atom. The molecule has 0 atom stereocenters. The van der Waals surface area contributed by atoms with E-state index in [-0.39, 0.29) is 5.91 Å². The summed E-state index contributed by atoms with van der Waals surface area (Å²) < 4.78 is 1.67. The zero-order chi connectivity index (χ0) is 15.0. The molecule has 3 rings (SSSR count). The number of nitrogen functional groups attached to an aromatic ring is 1. The fourth-order valence-corrected chi connectivity index (χ4v) is 2.90. The predicted molar refractivity (Wildman–Crippen MR) is 83.4 cm³/mol. The van der Waals surface area contributed by atoms with Gasteiger partial charge in [0.15, 0.2) is 0 Å². The van der Waals surface area contributed by atoms with Crippen molar-refractivity contribution in [2.75, 3.05) is 17.2 Å². The molecule has 0 bridgehead atoms. The van der Waals surface area contributed by atoms with Crippen LogP contribution in [0.4, 0.5) is 11.4 Å². The Labute approximate surface area is 124 Å². The van der Waals surface area contributed by atoms with Gasteiger partial charge < -0.3 is 10.6 Å². The molecule has 5 heteroatoms. The highest BCUT2D eigenvalue weighted by atomic mass is 16.2. The highest BCUT2D eigenvalue weighted by Crippen LogP contribution is 2.32. The summed E-state index contributed by atoms with van der Waals surface area (Å²) in [7, 11) is 1.82. The molecule has 1 amide bonds. The number of hydrogen-bond donors (Lipinski definition) is 1. The molecule has 110 valence electrons. The number of fused-ring (bicyclic) bond motifs is 1. The molecule has 21 heavy (non-hydrogen) atoms. The van der Waals surface area contributed by atoms with Crippen LogP contribution in [-0.2, 0) is 19.9 Å². The number of carbonyl (C=O) groups is 1. The van der Waals surface area contributed by atoms with Crippen molar-refractivity contribution in [3.8, 4) is 0 Å². The number of nitrogens with zero attached hydrogens (tertiary/aromatic N) is 3. The number of aromatic nitrogens is 2. The van der Waals surface area contributed by atoms with Crippen molar-refractivity contribution < 1.29 is 4.79 Å². The molecule has 0 fully saturated rings. The molecule has 1 aromatic heterocycles. The summed E-state index contributed by atoms with van der Waals surface area (Å²) in [6.07, 6.45) is 2.69. The van der Waals surface area contributed by atoms with Crippen LogP contribution in [0.1, 0.15) is 35.1 Å². The number of aryl methyl sites for hydroxylation is 2. The first kappa shape index (κ1) is 13.7. The third kappa shape index (κ3) is 2.28. The van der Waals surface area contributed by atoms with Gasteiger partial charge in [-0.25, -0.2) is 0 Å². The highest BCUT2D eigenvalue weighted by molar-refractivity contribution is 6.06. The standard InChI is InChI=1S/C16H20N4O/c1-3-11-10-15(19(2)18-11)16(21)20-9-5-6-12-13(17)7-4-8-14(12)20/h4,7-8,10H,3,5-6,9,17H2,1-2H3. The second-order valence-corrected chi connectivity index (χ2v) is 5.40. The number of nitrogens with two attached hydrogens (primary N) is 1. The fraction of sp³-hybridized carbons (Fsp3) is 0.375. The quantitative estimate of drug-likeness (QED) is 0.859. The van der Waals surface area contributed by atoms with Crippen LogP contribution >= 0.6 is 0 Å². The average molecular weight is 284 g/mol. The van der Waals surface area contributed by atoms with Crippen molar-refractivity contribution in [3.63, 3.8) is 0 Å². The zero-order valence-electron chi connectivity index (χ0n) is 12.5. The van der Waals surface area contributed by atoms with Gasteiger partial charge >= 0.3 is 0 Å². The van der Waals surface area contributed by atoms with Gasteiger partial charge in [0.2, 0.25) is 0 Å². The van der Waals surface area contributed by atoms with E-state index in [2.05, 4.69) is 5.10 Å². The van der Waals surface area contributed by atoms with E-state index in [1.807, 2.05) is 43.1 Å². The van der Waals surface area contributed by atoms with Gasteiger partial charge in [0.1, 0.15) is 5.69 Å². The van der Waals surface area contributed by atoms with E-state index in [0.717, 1.165) is 48.4 Å². The summed E-state index contributed by atoms with van der Waals surface area (Å²) in [5.74, 6) is -0.00347. The molecule has 2 aromatic rings. The zero-order valence-corrected chi connectivity index (χ0v) is 12.5. The lowest BCUT2D eigenvalue weighted by atomic mass is 9.99. The molecule has 1 aliphatic heterocycles. The largest absolute Gasteiger partial charge is 0.398 e. The van der Waals surface area contributed by atoms with Gasteiger partial charge in [-0.15, -0.1) is 0 Å². The van der Waals surface area contributed by atoms with Gasteiger partial charge in [-0.05, 0) is 43.0 Å². The summed E-state index contributed by atoms with van der Waals surface area (Å²) in [5.41, 5.74) is 10.4. The minimum Gasteiger partial charge on any atom is -0.398 e. The predicted octanol–water partition coefficient (Wildman–Crippen LogP) is 2.16. The first-order valence-electron chi connectivity index (χ1n) is 7.34. The van der Waals surface area contributed by atoms with Crippen molar-refractivity contribution in [1.82, 2.24) is 9.78 Å². The molecule has 2 N–H and O–H groups in total. The summed E-state index contributed by atoms with van der Waals surface area (Å²) in [5, 5.41) is 4.36. The summed E-state index contributed by atoms with van der Waals surface area (Å²) in [6.45, 7) is 2.76. The Morgan fingerprint density at radius 1 is 1.43 bits per heavy atom. The number of amides is 1. The normalized spacial score (nSPS) is 14.1. The Kier molecular flexibility index (Phi) is 3.41. The molecular weight excluding hydrogens is 264 g/mol. The molecule has 0 aliphatic carbocycles. The van der Waals surface area contributed by atoms with Gasteiger partial charge in [0, 0.05) is 25.0 Å². The minimum absolute atomic E-state index is 0.00347. The first-order valence-corrected chi connectivity index (χ1v) is 7.34. The summed E-state index contributed by atoms with van der Waals surface area (Å²) in [4.78, 5) is 14.7. The van der Waals surface area contributed by atoms with Crippen LogP contribution in [0.5, 0.6) is 0 Å². The number of hydrogen-bond acceptors (Lipinski definition) is 3. The summed E-state index contributed by atoms with van der Waals surface area (Å²) >= 11 is 0. The molecule has 0 radical (unpaired) electrons. The second-order valence-electron chi connectivity index (χ2n) is 5.40. The van der Waals surface area contributed by atoms with E-state index in [0.29, 0.717) is 5.69 Å². The van der Waals surface area contributed by atoms with Crippen LogP contribution in [0.2, 0.25) is 0 Å². The van der Waals surface area contributed by atoms with Crippen LogP contribution in [-0.4, -0.2) is 22.2 Å². The molecule has 2 heterocycles. The Morgan fingerprint density at radius 3 is 2.95 bits per heavy atom. The Hall–Kier alpha value is -2.30. The molecule has 0 spiro atoms. The van der Waals surface area contributed by atoms with E-state index in [4.69, 9.17) is 5.73 Å². The van der Waals surface area contributed by atoms with Crippen molar-refractivity contribution in [2.24, 2.45) is 7.05 Å². The maximum Gasteiger partial charge on any atom is 0.276 e. The van der Waals surface area contributed by atoms with Crippen LogP contribution in [0.25, 0.3) is 0 Å². The lowest BCUT2D eigenvalue weighted by Gasteiger charge is -2.30. The molecular formula is C16H20N4O. The lowest BCUT2D eigenvalue weighted by molar-refractivity contribution is 0.0976. The lowest BCUT2D eigenvalue weighted by Crippen LogP contribution is -2.36. The first-order chi connectivity index (χ1) is 10.1. The monoisotopic (exact) mass is 284 g/mol. The number of anilines is 2. The maximum atomic E-state index is 12.8. The Balaban J connectivity index is 2.00. The van der Waals surface area contributed by atoms with E-state index in [1.54, 1.807) is 4.68 Å². The van der Waals surface area contributed by atoms with Gasteiger partial charge in [-0.2, -0.15) is 5.10 Å². The molecule has 0 saturated carbocycles. The van der Waals surface area contributed by atoms with E-state index >= 15 is 0 Å². The third-order valence-electron chi connectivity index (χ3n) is 4.04. The number of rotatable bonds is 2. The number of benzene rings is 1. The minimum atomic E-state index is -0.00347. The molecule has 5 nitrogen and oxygen atoms in total. The molecule has 1 aliphatic rings. The van der Waals surface area contributed by atoms with Gasteiger partial charge in [-0.3, -0.25) is 9.48 Å². The topological polar surface area (TPSA) is 64.2 Å². The average Bonchev–Trinajstić information content (AvgIpc) is 2.88. The van der Waals surface area contributed by atoms with Gasteiger partial charge in [0.25, 0.3) is 5.91 Å². The van der Waals surface area contributed by atoms with E-state index in [1.165, 1.54) is 0 Å². The van der Waals surface area contributed by atoms with Gasteiger partial charge in [-0.1, -0.05) is 13.0 Å². The smallest absolute Gasteiger partial charge is 0.276 e. The van der Waals surface area contributed by atoms with Crippen LogP contribution in [0.15, 0.2) is 24.3 Å². The van der Waals surface area contributed by atoms with Crippen LogP contribution < -0.4 is 10.6 Å². The van der Waals surface area contributed by atoms with Crippen molar-refractivity contribution in [1.29, 1.82) is 0 Å². The number of carbonyl (C=O) groups excluding carboxylic acids is 1.